The average Bonchev–Trinajstić information content (AvgIpc) is 3.09. The maximum atomic E-state index is 5.94. The quantitative estimate of drug-likeness (QED) is 0.257. The molecule has 0 aliphatic carbocycles. The van der Waals surface area contributed by atoms with Crippen molar-refractivity contribution in [2.75, 3.05) is 0 Å². The van der Waals surface area contributed by atoms with Crippen molar-refractivity contribution in [3.63, 3.8) is 0 Å². The molecule has 1 saturated heterocycles. The minimum absolute atomic E-state index is 0.258. The summed E-state index contributed by atoms with van der Waals surface area (Å²) in [5.74, 6) is 0. The van der Waals surface area contributed by atoms with Gasteiger partial charge in [0.15, 0.2) is 0 Å². The van der Waals surface area contributed by atoms with Crippen molar-refractivity contribution in [3.8, 4) is 0 Å². The van der Waals surface area contributed by atoms with Crippen LogP contribution in [-0.2, 0) is 4.74 Å². The van der Waals surface area contributed by atoms with Crippen molar-refractivity contribution in [2.24, 2.45) is 0 Å². The van der Waals surface area contributed by atoms with Crippen molar-refractivity contribution in [2.45, 2.75) is 122 Å². The third kappa shape index (κ3) is 7.67. The maximum Gasteiger partial charge on any atom is 0.0920 e. The molecule has 0 spiro atoms. The highest BCUT2D eigenvalue weighted by Gasteiger charge is 2.50. The highest BCUT2D eigenvalue weighted by atomic mass is 16.6. The highest BCUT2D eigenvalue weighted by Crippen LogP contribution is 2.43. The molecule has 0 aromatic heterocycles. The summed E-state index contributed by atoms with van der Waals surface area (Å²) in [4.78, 5) is 0. The molecule has 120 valence electrons. The molecule has 0 bridgehead atoms. The summed E-state index contributed by atoms with van der Waals surface area (Å²) >= 11 is 0. The Kier molecular flexibility index (Phi) is 9.59. The van der Waals surface area contributed by atoms with Crippen LogP contribution in [0.15, 0.2) is 0 Å². The van der Waals surface area contributed by atoms with Crippen molar-refractivity contribution in [3.05, 3.63) is 0 Å². The molecule has 0 saturated carbocycles. The number of ether oxygens (including phenoxy) is 1. The van der Waals surface area contributed by atoms with Crippen LogP contribution in [0.25, 0.3) is 0 Å². The molecule has 0 aromatic carbocycles. The second-order valence-electron chi connectivity index (χ2n) is 6.99. The zero-order valence-corrected chi connectivity index (χ0v) is 14.4. The van der Waals surface area contributed by atoms with Gasteiger partial charge < -0.3 is 4.74 Å². The monoisotopic (exact) mass is 282 g/mol. The molecular formula is C19H38O. The van der Waals surface area contributed by atoms with Gasteiger partial charge in [0.1, 0.15) is 0 Å². The second-order valence-corrected chi connectivity index (χ2v) is 6.99. The third-order valence-electron chi connectivity index (χ3n) is 4.88. The van der Waals surface area contributed by atoms with Crippen LogP contribution in [0, 0.1) is 0 Å². The Morgan fingerprint density at radius 1 is 0.700 bits per heavy atom. The Hall–Kier alpha value is -0.0400. The Morgan fingerprint density at radius 2 is 1.20 bits per heavy atom. The van der Waals surface area contributed by atoms with Gasteiger partial charge in [0.25, 0.3) is 0 Å². The molecule has 1 rings (SSSR count). The van der Waals surface area contributed by atoms with E-state index in [1.54, 1.807) is 0 Å². The van der Waals surface area contributed by atoms with E-state index in [9.17, 15) is 0 Å². The fourth-order valence-corrected chi connectivity index (χ4v) is 3.24. The molecule has 0 radical (unpaired) electrons. The molecule has 1 aliphatic heterocycles. The Labute approximate surface area is 127 Å². The molecule has 1 fully saturated rings. The van der Waals surface area contributed by atoms with Crippen LogP contribution in [-0.4, -0.2) is 11.7 Å². The number of hydrogen-bond acceptors (Lipinski definition) is 1. The predicted octanol–water partition coefficient (Wildman–Crippen LogP) is 6.65. The lowest BCUT2D eigenvalue weighted by Crippen LogP contribution is -2.09. The summed E-state index contributed by atoms with van der Waals surface area (Å²) in [5.41, 5.74) is 0.258. The smallest absolute Gasteiger partial charge is 0.0920 e. The first-order chi connectivity index (χ1) is 9.73. The first-order valence-electron chi connectivity index (χ1n) is 9.40. The molecular weight excluding hydrogens is 244 g/mol. The SMILES string of the molecule is CCCCCCCCCCC1(C)OC1CCCCCC. The van der Waals surface area contributed by atoms with Gasteiger partial charge in [0.2, 0.25) is 0 Å². The Morgan fingerprint density at radius 3 is 1.80 bits per heavy atom. The Bertz CT molecular complexity index is 226. The standard InChI is InChI=1S/C19H38O/c1-4-6-8-10-11-12-13-15-17-19(3)18(20-19)16-14-9-7-5-2/h18H,4-17H2,1-3H3. The van der Waals surface area contributed by atoms with Crippen LogP contribution in [0.1, 0.15) is 111 Å². The van der Waals surface area contributed by atoms with Crippen molar-refractivity contribution in [1.82, 2.24) is 0 Å². The van der Waals surface area contributed by atoms with Gasteiger partial charge in [-0.1, -0.05) is 90.9 Å². The van der Waals surface area contributed by atoms with Crippen molar-refractivity contribution in [1.29, 1.82) is 0 Å². The first kappa shape index (κ1) is 18.0. The van der Waals surface area contributed by atoms with E-state index in [2.05, 4.69) is 20.8 Å². The minimum Gasteiger partial charge on any atom is -0.366 e. The van der Waals surface area contributed by atoms with Crippen LogP contribution in [0.4, 0.5) is 0 Å². The van der Waals surface area contributed by atoms with Gasteiger partial charge in [-0.15, -0.1) is 0 Å². The van der Waals surface area contributed by atoms with Crippen molar-refractivity contribution >= 4 is 0 Å². The summed E-state index contributed by atoms with van der Waals surface area (Å²) < 4.78 is 5.94. The van der Waals surface area contributed by atoms with E-state index in [0.717, 1.165) is 0 Å². The van der Waals surface area contributed by atoms with Crippen molar-refractivity contribution < 1.29 is 4.74 Å². The summed E-state index contributed by atoms with van der Waals surface area (Å²) in [5, 5.41) is 0. The molecule has 1 nitrogen and oxygen atoms in total. The molecule has 2 unspecified atom stereocenters. The van der Waals surface area contributed by atoms with E-state index in [-0.39, 0.29) is 5.60 Å². The van der Waals surface area contributed by atoms with E-state index in [4.69, 9.17) is 4.74 Å². The topological polar surface area (TPSA) is 12.5 Å². The number of epoxide rings is 1. The molecule has 1 aliphatic rings. The number of hydrogen-bond donors (Lipinski definition) is 0. The van der Waals surface area contributed by atoms with Gasteiger partial charge in [0, 0.05) is 0 Å². The fourth-order valence-electron chi connectivity index (χ4n) is 3.24. The lowest BCUT2D eigenvalue weighted by atomic mass is 9.95. The van der Waals surface area contributed by atoms with E-state index in [1.807, 2.05) is 0 Å². The van der Waals surface area contributed by atoms with E-state index in [1.165, 1.54) is 89.9 Å². The molecule has 1 heteroatoms. The number of unbranched alkanes of at least 4 members (excludes halogenated alkanes) is 10. The van der Waals surface area contributed by atoms with Crippen LogP contribution in [0.3, 0.4) is 0 Å². The molecule has 0 aromatic rings. The molecule has 20 heavy (non-hydrogen) atoms. The van der Waals surface area contributed by atoms with Gasteiger partial charge in [-0.25, -0.2) is 0 Å². The van der Waals surface area contributed by atoms with Gasteiger partial charge in [-0.05, 0) is 19.8 Å². The first-order valence-corrected chi connectivity index (χ1v) is 9.40. The minimum atomic E-state index is 0.258. The average molecular weight is 283 g/mol. The van der Waals surface area contributed by atoms with E-state index >= 15 is 0 Å². The zero-order chi connectivity index (χ0) is 14.7. The third-order valence-corrected chi connectivity index (χ3v) is 4.88. The summed E-state index contributed by atoms with van der Waals surface area (Å²) in [7, 11) is 0. The lowest BCUT2D eigenvalue weighted by Gasteiger charge is -2.06. The highest BCUT2D eigenvalue weighted by molar-refractivity contribution is 4.98. The Balaban J connectivity index is 1.87. The summed E-state index contributed by atoms with van der Waals surface area (Å²) in [6.45, 7) is 6.90. The van der Waals surface area contributed by atoms with E-state index in [0.29, 0.717) is 6.10 Å². The fraction of sp³-hybridized carbons (Fsp3) is 1.00. The summed E-state index contributed by atoms with van der Waals surface area (Å²) in [6.07, 6.45) is 20.0. The number of rotatable bonds is 14. The lowest BCUT2D eigenvalue weighted by molar-refractivity contribution is 0.287. The van der Waals surface area contributed by atoms with Crippen LogP contribution < -0.4 is 0 Å². The zero-order valence-electron chi connectivity index (χ0n) is 14.4. The molecule has 1 heterocycles. The summed E-state index contributed by atoms with van der Waals surface area (Å²) in [6, 6.07) is 0. The van der Waals surface area contributed by atoms with Crippen LogP contribution in [0.5, 0.6) is 0 Å². The normalized spacial score (nSPS) is 25.1. The largest absolute Gasteiger partial charge is 0.366 e. The molecule has 2 atom stereocenters. The maximum absolute atomic E-state index is 5.94. The van der Waals surface area contributed by atoms with E-state index < -0.39 is 0 Å². The van der Waals surface area contributed by atoms with Crippen LogP contribution in [0.2, 0.25) is 0 Å². The molecule has 0 N–H and O–H groups in total. The second kappa shape index (κ2) is 10.7. The van der Waals surface area contributed by atoms with Gasteiger partial charge in [0.05, 0.1) is 11.7 Å². The van der Waals surface area contributed by atoms with Gasteiger partial charge >= 0.3 is 0 Å². The van der Waals surface area contributed by atoms with Gasteiger partial charge in [-0.2, -0.15) is 0 Å². The predicted molar refractivity (Wildman–Crippen MR) is 89.3 cm³/mol. The van der Waals surface area contributed by atoms with Crippen LogP contribution >= 0.6 is 0 Å². The molecule has 0 amide bonds. The van der Waals surface area contributed by atoms with Gasteiger partial charge in [-0.3, -0.25) is 0 Å².